The van der Waals surface area contributed by atoms with Crippen LogP contribution in [0.25, 0.3) is 10.8 Å². The first-order valence-corrected chi connectivity index (χ1v) is 7.26. The highest BCUT2D eigenvalue weighted by Crippen LogP contribution is 2.35. The second-order valence-corrected chi connectivity index (χ2v) is 4.72. The van der Waals surface area contributed by atoms with Gasteiger partial charge in [0, 0.05) is 23.9 Å². The third-order valence-electron chi connectivity index (χ3n) is 3.57. The number of rotatable bonds is 5. The van der Waals surface area contributed by atoms with Crippen LogP contribution >= 0.6 is 0 Å². The van der Waals surface area contributed by atoms with Crippen molar-refractivity contribution in [3.63, 3.8) is 0 Å². The third-order valence-corrected chi connectivity index (χ3v) is 3.57. The molecule has 0 N–H and O–H groups in total. The SMILES string of the molecule is CCN(CC)C(=O)Oc1ccc2c(OC)ccc(OC)c2c1. The summed E-state index contributed by atoms with van der Waals surface area (Å²) >= 11 is 0. The van der Waals surface area contributed by atoms with Gasteiger partial charge in [-0.2, -0.15) is 0 Å². The molecule has 0 aliphatic rings. The van der Waals surface area contributed by atoms with E-state index in [4.69, 9.17) is 14.2 Å². The van der Waals surface area contributed by atoms with Crippen molar-refractivity contribution in [1.82, 2.24) is 4.90 Å². The van der Waals surface area contributed by atoms with Crippen molar-refractivity contribution in [1.29, 1.82) is 0 Å². The van der Waals surface area contributed by atoms with Crippen molar-refractivity contribution in [3.05, 3.63) is 30.3 Å². The number of hydrogen-bond acceptors (Lipinski definition) is 4. The molecule has 0 saturated heterocycles. The summed E-state index contributed by atoms with van der Waals surface area (Å²) in [5, 5.41) is 1.75. The molecule has 2 aromatic carbocycles. The summed E-state index contributed by atoms with van der Waals surface area (Å²) in [4.78, 5) is 13.7. The average Bonchev–Trinajstić information content (AvgIpc) is 2.54. The molecule has 0 spiro atoms. The van der Waals surface area contributed by atoms with Crippen molar-refractivity contribution in [2.75, 3.05) is 27.3 Å². The van der Waals surface area contributed by atoms with E-state index in [1.807, 2.05) is 32.0 Å². The van der Waals surface area contributed by atoms with Gasteiger partial charge in [-0.3, -0.25) is 0 Å². The maximum absolute atomic E-state index is 12.0. The van der Waals surface area contributed by atoms with E-state index in [1.165, 1.54) is 0 Å². The van der Waals surface area contributed by atoms with E-state index < -0.39 is 0 Å². The van der Waals surface area contributed by atoms with Crippen LogP contribution in [0, 0.1) is 0 Å². The highest BCUT2D eigenvalue weighted by atomic mass is 16.6. The number of carbonyl (C=O) groups excluding carboxylic acids is 1. The zero-order chi connectivity index (χ0) is 16.1. The van der Waals surface area contributed by atoms with E-state index in [1.54, 1.807) is 31.3 Å². The molecule has 2 rings (SSSR count). The van der Waals surface area contributed by atoms with Crippen LogP contribution in [0.2, 0.25) is 0 Å². The van der Waals surface area contributed by atoms with Crippen LogP contribution in [0.4, 0.5) is 4.79 Å². The summed E-state index contributed by atoms with van der Waals surface area (Å²) in [6.07, 6.45) is -0.355. The van der Waals surface area contributed by atoms with Crippen molar-refractivity contribution in [2.24, 2.45) is 0 Å². The summed E-state index contributed by atoms with van der Waals surface area (Å²) in [7, 11) is 3.23. The maximum atomic E-state index is 12.0. The molecule has 118 valence electrons. The maximum Gasteiger partial charge on any atom is 0.415 e. The largest absolute Gasteiger partial charge is 0.496 e. The Hall–Kier alpha value is -2.43. The van der Waals surface area contributed by atoms with Gasteiger partial charge in [-0.15, -0.1) is 0 Å². The molecule has 1 amide bonds. The zero-order valence-corrected chi connectivity index (χ0v) is 13.4. The molecule has 0 saturated carbocycles. The molecule has 5 nitrogen and oxygen atoms in total. The number of carbonyl (C=O) groups is 1. The fourth-order valence-electron chi connectivity index (χ4n) is 2.34. The Kier molecular flexibility index (Phi) is 5.09. The second-order valence-electron chi connectivity index (χ2n) is 4.72. The van der Waals surface area contributed by atoms with Crippen LogP contribution in [0.15, 0.2) is 30.3 Å². The lowest BCUT2D eigenvalue weighted by Crippen LogP contribution is -2.33. The van der Waals surface area contributed by atoms with E-state index in [9.17, 15) is 4.79 Å². The van der Waals surface area contributed by atoms with E-state index >= 15 is 0 Å². The van der Waals surface area contributed by atoms with Gasteiger partial charge in [0.2, 0.25) is 0 Å². The summed E-state index contributed by atoms with van der Waals surface area (Å²) in [6, 6.07) is 9.09. The van der Waals surface area contributed by atoms with Crippen LogP contribution < -0.4 is 14.2 Å². The normalized spacial score (nSPS) is 10.4. The molecule has 0 aromatic heterocycles. The Labute approximate surface area is 130 Å². The van der Waals surface area contributed by atoms with Gasteiger partial charge >= 0.3 is 6.09 Å². The van der Waals surface area contributed by atoms with Gasteiger partial charge < -0.3 is 19.1 Å². The van der Waals surface area contributed by atoms with E-state index in [0.717, 1.165) is 16.5 Å². The highest BCUT2D eigenvalue weighted by molar-refractivity contribution is 5.94. The monoisotopic (exact) mass is 303 g/mol. The summed E-state index contributed by atoms with van der Waals surface area (Å²) < 4.78 is 16.1. The lowest BCUT2D eigenvalue weighted by molar-refractivity contribution is 0.157. The third kappa shape index (κ3) is 3.08. The van der Waals surface area contributed by atoms with Crippen molar-refractivity contribution >= 4 is 16.9 Å². The topological polar surface area (TPSA) is 48.0 Å². The minimum absolute atomic E-state index is 0.355. The van der Waals surface area contributed by atoms with Crippen molar-refractivity contribution < 1.29 is 19.0 Å². The number of nitrogens with zero attached hydrogens (tertiary/aromatic N) is 1. The van der Waals surface area contributed by atoms with Gasteiger partial charge in [0.15, 0.2) is 0 Å². The predicted octanol–water partition coefficient (Wildman–Crippen LogP) is 3.70. The van der Waals surface area contributed by atoms with Gasteiger partial charge in [0.1, 0.15) is 17.2 Å². The number of hydrogen-bond donors (Lipinski definition) is 0. The van der Waals surface area contributed by atoms with Gasteiger partial charge in [0.05, 0.1) is 14.2 Å². The van der Waals surface area contributed by atoms with Gasteiger partial charge in [-0.25, -0.2) is 4.79 Å². The molecule has 0 unspecified atom stereocenters. The fourth-order valence-corrected chi connectivity index (χ4v) is 2.34. The molecule has 2 aromatic rings. The molecule has 22 heavy (non-hydrogen) atoms. The van der Waals surface area contributed by atoms with Gasteiger partial charge in [0.25, 0.3) is 0 Å². The fraction of sp³-hybridized carbons (Fsp3) is 0.353. The number of fused-ring (bicyclic) bond motifs is 1. The zero-order valence-electron chi connectivity index (χ0n) is 13.4. The predicted molar refractivity (Wildman–Crippen MR) is 86.0 cm³/mol. The summed E-state index contributed by atoms with van der Waals surface area (Å²) in [6.45, 7) is 5.05. The first kappa shape index (κ1) is 15.9. The van der Waals surface area contributed by atoms with Crippen LogP contribution in [0.1, 0.15) is 13.8 Å². The first-order chi connectivity index (χ1) is 10.6. The van der Waals surface area contributed by atoms with E-state index in [-0.39, 0.29) is 6.09 Å². The van der Waals surface area contributed by atoms with E-state index in [0.29, 0.717) is 24.6 Å². The average molecular weight is 303 g/mol. The number of benzene rings is 2. The number of methoxy groups -OCH3 is 2. The van der Waals surface area contributed by atoms with Gasteiger partial charge in [-0.05, 0) is 44.2 Å². The minimum Gasteiger partial charge on any atom is -0.496 e. The molecule has 0 heterocycles. The Bertz CT molecular complexity index is 665. The minimum atomic E-state index is -0.355. The summed E-state index contributed by atoms with van der Waals surface area (Å²) in [5.74, 6) is 1.94. The second kappa shape index (κ2) is 7.02. The Morgan fingerprint density at radius 3 is 2.09 bits per heavy atom. The first-order valence-electron chi connectivity index (χ1n) is 7.26. The Morgan fingerprint density at radius 1 is 0.955 bits per heavy atom. The van der Waals surface area contributed by atoms with Crippen LogP contribution in [-0.4, -0.2) is 38.3 Å². The summed E-state index contributed by atoms with van der Waals surface area (Å²) in [5.41, 5.74) is 0. The highest BCUT2D eigenvalue weighted by Gasteiger charge is 2.14. The molecule has 5 heteroatoms. The Balaban J connectivity index is 2.39. The van der Waals surface area contributed by atoms with Crippen LogP contribution in [-0.2, 0) is 0 Å². The quantitative estimate of drug-likeness (QED) is 0.845. The van der Waals surface area contributed by atoms with Crippen LogP contribution in [0.5, 0.6) is 17.2 Å². The lowest BCUT2D eigenvalue weighted by Gasteiger charge is -2.18. The molecule has 0 atom stereocenters. The number of ether oxygens (including phenoxy) is 3. The molecule has 0 radical (unpaired) electrons. The molecule has 0 aliphatic heterocycles. The molecule has 0 fully saturated rings. The molecular weight excluding hydrogens is 282 g/mol. The Morgan fingerprint density at radius 2 is 1.55 bits per heavy atom. The van der Waals surface area contributed by atoms with Gasteiger partial charge in [-0.1, -0.05) is 0 Å². The van der Waals surface area contributed by atoms with E-state index in [2.05, 4.69) is 0 Å². The molecule has 0 bridgehead atoms. The van der Waals surface area contributed by atoms with Crippen LogP contribution in [0.3, 0.4) is 0 Å². The standard InChI is InChI=1S/C17H21NO4/c1-5-18(6-2)17(19)22-12-7-8-13-14(11-12)16(21-4)10-9-15(13)20-3/h7-11H,5-6H2,1-4H3. The number of amides is 1. The van der Waals surface area contributed by atoms with Crippen molar-refractivity contribution in [2.45, 2.75) is 13.8 Å². The lowest BCUT2D eigenvalue weighted by atomic mass is 10.1. The smallest absolute Gasteiger partial charge is 0.415 e. The molecule has 0 aliphatic carbocycles. The van der Waals surface area contributed by atoms with Crippen molar-refractivity contribution in [3.8, 4) is 17.2 Å². The molecular formula is C17H21NO4.